The Kier molecular flexibility index (Phi) is 7.17. The van der Waals surface area contributed by atoms with Gasteiger partial charge in [0.1, 0.15) is 11.1 Å². The molecule has 3 aliphatic rings. The molecule has 1 aromatic heterocycles. The molecule has 2 bridgehead atoms. The van der Waals surface area contributed by atoms with Gasteiger partial charge in [-0.2, -0.15) is 0 Å². The number of rotatable bonds is 4. The third-order valence-corrected chi connectivity index (χ3v) is 6.73. The molecule has 31 heavy (non-hydrogen) atoms. The van der Waals surface area contributed by atoms with Crippen molar-refractivity contribution in [2.24, 2.45) is 5.92 Å². The quantitative estimate of drug-likeness (QED) is 0.177. The lowest BCUT2D eigenvalue weighted by Gasteiger charge is -2.53. The third-order valence-electron chi connectivity index (χ3n) is 6.15. The van der Waals surface area contributed by atoms with E-state index in [0.29, 0.717) is 5.92 Å². The van der Waals surface area contributed by atoms with Crippen LogP contribution in [0.15, 0.2) is 34.9 Å². The number of quaternary nitrogens is 1. The molecule has 3 saturated heterocycles. The molecular weight excluding hydrogens is 528 g/mol. The minimum absolute atomic E-state index is 0. The fraction of sp³-hybridized carbons (Fsp3) is 0.400. The van der Waals surface area contributed by atoms with Crippen LogP contribution in [-0.2, 0) is 6.54 Å². The summed E-state index contributed by atoms with van der Waals surface area (Å²) in [6, 6.07) is 10.7. The van der Waals surface area contributed by atoms with Gasteiger partial charge >= 0.3 is 0 Å². The highest BCUT2D eigenvalue weighted by Gasteiger charge is 2.46. The second kappa shape index (κ2) is 9.49. The van der Waals surface area contributed by atoms with E-state index in [-0.39, 0.29) is 50.9 Å². The minimum atomic E-state index is -0.590. The molecule has 3 fully saturated rings. The summed E-state index contributed by atoms with van der Waals surface area (Å²) >= 11 is 3.14. The van der Waals surface area contributed by atoms with Crippen molar-refractivity contribution < 1.29 is 26.3 Å². The van der Waals surface area contributed by atoms with E-state index in [4.69, 9.17) is 16.9 Å². The number of nitrogens with two attached hydrogens (primary N) is 2. The summed E-state index contributed by atoms with van der Waals surface area (Å²) in [5, 5.41) is 14.0. The summed E-state index contributed by atoms with van der Waals surface area (Å²) < 4.78 is 1.26. The minimum Gasteiger partial charge on any atom is -1.00 e. The molecule has 7 N–H and O–H groups in total. The van der Waals surface area contributed by atoms with Gasteiger partial charge in [0.25, 0.3) is 5.91 Å². The number of nitrogens with zero attached hydrogens (tertiary/aromatic N) is 3. The smallest absolute Gasteiger partial charge is 0.280 e. The van der Waals surface area contributed by atoms with Crippen molar-refractivity contribution in [3.63, 3.8) is 0 Å². The molecule has 1 aromatic carbocycles. The lowest BCUT2D eigenvalue weighted by molar-refractivity contribution is -0.956. The largest absolute Gasteiger partial charge is 1.00 e. The van der Waals surface area contributed by atoms with E-state index in [9.17, 15) is 4.79 Å². The number of nitrogens with one attached hydrogen (secondary N) is 3. The number of nitrogen functional groups attached to an aromatic ring is 2. The Hall–Kier alpha value is -2.24. The number of fused-ring (bicyclic) bond motifs is 3. The van der Waals surface area contributed by atoms with Crippen molar-refractivity contribution >= 4 is 39.4 Å². The zero-order valence-corrected chi connectivity index (χ0v) is 20.1. The van der Waals surface area contributed by atoms with E-state index < -0.39 is 5.91 Å². The summed E-state index contributed by atoms with van der Waals surface area (Å²) in [5.74, 6) is -0.0971. The lowest BCUT2D eigenvalue weighted by atomic mass is 9.81. The predicted octanol–water partition coefficient (Wildman–Crippen LogP) is -1.53. The highest BCUT2D eigenvalue weighted by Crippen LogP contribution is 2.35. The highest BCUT2D eigenvalue weighted by atomic mass is 79.9. The summed E-state index contributed by atoms with van der Waals surface area (Å²) in [6.07, 6.45) is 2.24. The van der Waals surface area contributed by atoms with Crippen LogP contribution in [0.25, 0.3) is 0 Å². The normalized spacial score (nSPS) is 24.2. The number of benzene rings is 1. The van der Waals surface area contributed by atoms with E-state index in [2.05, 4.69) is 60.8 Å². The molecule has 0 aliphatic carbocycles. The molecule has 0 saturated carbocycles. The molecule has 166 valence electrons. The highest BCUT2D eigenvalue weighted by molar-refractivity contribution is 9.10. The Labute approximate surface area is 200 Å². The van der Waals surface area contributed by atoms with Crippen LogP contribution in [0.4, 0.5) is 11.6 Å². The fourth-order valence-electron chi connectivity index (χ4n) is 4.65. The molecule has 1 atom stereocenters. The monoisotopic (exact) mass is 552 g/mol. The van der Waals surface area contributed by atoms with Gasteiger partial charge in [0.05, 0.1) is 25.7 Å². The van der Waals surface area contributed by atoms with Crippen LogP contribution in [-0.4, -0.2) is 52.0 Å². The number of hydrogen-bond acceptors (Lipinski definition) is 6. The maximum absolute atomic E-state index is 12.5. The van der Waals surface area contributed by atoms with Gasteiger partial charge in [-0.15, -0.1) is 0 Å². The standard InChI is InChI=1S/C20H25BrN8O.BrH/c21-16-18(23)27-17(22)15(26-16)19(30)28-20(24)25-14-11-29(8-6-13(14)7-9-29)10-12-4-2-1-3-5-12;/h1-5,13-14H,6-11H2,(H6-,22,23,24,25,27,28,30);1H/t13?,14-,29?;/m1./s1. The van der Waals surface area contributed by atoms with Crippen molar-refractivity contribution in [1.29, 1.82) is 5.41 Å². The van der Waals surface area contributed by atoms with Crippen molar-refractivity contribution in [3.8, 4) is 0 Å². The number of halogens is 2. The third kappa shape index (κ3) is 5.16. The van der Waals surface area contributed by atoms with Gasteiger partial charge in [-0.1, -0.05) is 30.3 Å². The van der Waals surface area contributed by atoms with Gasteiger partial charge in [0.15, 0.2) is 23.3 Å². The van der Waals surface area contributed by atoms with Crippen LogP contribution < -0.4 is 39.1 Å². The fourth-order valence-corrected chi connectivity index (χ4v) is 4.91. The van der Waals surface area contributed by atoms with Gasteiger partial charge in [-0.25, -0.2) is 9.97 Å². The lowest BCUT2D eigenvalue weighted by Crippen LogP contribution is -3.00. The number of carbonyl (C=O) groups is 1. The van der Waals surface area contributed by atoms with Crippen molar-refractivity contribution in [2.75, 3.05) is 31.1 Å². The molecule has 11 heteroatoms. The Morgan fingerprint density at radius 3 is 2.52 bits per heavy atom. The van der Waals surface area contributed by atoms with E-state index in [1.165, 1.54) is 5.56 Å². The van der Waals surface area contributed by atoms with Gasteiger partial charge in [-0.05, 0) is 21.8 Å². The number of guanidine groups is 1. The van der Waals surface area contributed by atoms with Crippen LogP contribution in [0.2, 0.25) is 0 Å². The van der Waals surface area contributed by atoms with Gasteiger partial charge in [-0.3, -0.25) is 15.5 Å². The van der Waals surface area contributed by atoms with Crippen LogP contribution in [0, 0.1) is 11.3 Å². The second-order valence-corrected chi connectivity index (χ2v) is 8.92. The number of aromatic nitrogens is 2. The summed E-state index contributed by atoms with van der Waals surface area (Å²) in [5.41, 5.74) is 12.7. The molecule has 0 unspecified atom stereocenters. The molecule has 5 rings (SSSR count). The molecular formula is C20H26Br2N8O. The Bertz CT molecular complexity index is 963. The molecule has 0 radical (unpaired) electrons. The first-order valence-corrected chi connectivity index (χ1v) is 10.8. The first-order chi connectivity index (χ1) is 14.3. The number of carbonyl (C=O) groups excluding carboxylic acids is 1. The molecule has 3 aliphatic heterocycles. The molecule has 9 nitrogen and oxygen atoms in total. The van der Waals surface area contributed by atoms with Crippen LogP contribution in [0.5, 0.6) is 0 Å². The average molecular weight is 554 g/mol. The maximum atomic E-state index is 12.5. The second-order valence-electron chi connectivity index (χ2n) is 8.17. The van der Waals surface area contributed by atoms with E-state index in [1.807, 2.05) is 6.07 Å². The van der Waals surface area contributed by atoms with Crippen molar-refractivity contribution in [2.45, 2.75) is 25.4 Å². The van der Waals surface area contributed by atoms with Gasteiger partial charge in [0.2, 0.25) is 0 Å². The SMILES string of the molecule is N=C(NC(=O)c1nc(Br)c(N)nc1N)N[C@@H]1C[N+]2(Cc3ccccc3)CCC1CC2.[Br-]. The molecule has 4 heterocycles. The van der Waals surface area contributed by atoms with E-state index in [1.54, 1.807) is 0 Å². The predicted molar refractivity (Wildman–Crippen MR) is 118 cm³/mol. The van der Waals surface area contributed by atoms with E-state index in [0.717, 1.165) is 43.5 Å². The maximum Gasteiger partial charge on any atom is 0.280 e. The van der Waals surface area contributed by atoms with Crippen molar-refractivity contribution in [3.05, 3.63) is 46.2 Å². The van der Waals surface area contributed by atoms with Crippen LogP contribution >= 0.6 is 15.9 Å². The number of amides is 1. The topological polar surface area (TPSA) is 143 Å². The Morgan fingerprint density at radius 1 is 1.16 bits per heavy atom. The van der Waals surface area contributed by atoms with Gasteiger partial charge in [0, 0.05) is 18.4 Å². The average Bonchev–Trinajstić information content (AvgIpc) is 2.71. The summed E-state index contributed by atoms with van der Waals surface area (Å²) in [4.78, 5) is 20.4. The Balaban J connectivity index is 0.00000272. The summed E-state index contributed by atoms with van der Waals surface area (Å²) in [7, 11) is 0. The molecule has 0 spiro atoms. The molecule has 2 aromatic rings. The van der Waals surface area contributed by atoms with E-state index >= 15 is 0 Å². The zero-order valence-electron chi connectivity index (χ0n) is 16.9. The number of anilines is 2. The number of piperidine rings is 3. The zero-order chi connectivity index (χ0) is 21.3. The summed E-state index contributed by atoms with van der Waals surface area (Å²) in [6.45, 7) is 4.25. The van der Waals surface area contributed by atoms with Crippen LogP contribution in [0.1, 0.15) is 28.9 Å². The Morgan fingerprint density at radius 2 is 1.84 bits per heavy atom. The molecule has 1 amide bonds. The number of hydrogen-bond donors (Lipinski definition) is 5. The van der Waals surface area contributed by atoms with Crippen molar-refractivity contribution in [1.82, 2.24) is 20.6 Å². The first-order valence-electron chi connectivity index (χ1n) is 9.99. The van der Waals surface area contributed by atoms with Gasteiger partial charge < -0.3 is 38.2 Å². The van der Waals surface area contributed by atoms with Crippen LogP contribution in [0.3, 0.4) is 0 Å². The first kappa shape index (κ1) is 23.4.